The summed E-state index contributed by atoms with van der Waals surface area (Å²) in [6, 6.07) is 57.1. The average Bonchev–Trinajstić information content (AvgIpc) is 3.54. The maximum absolute atomic E-state index is 2.38. The molecule has 0 saturated heterocycles. The molecule has 0 aliphatic heterocycles. The lowest BCUT2D eigenvalue weighted by Gasteiger charge is -2.27. The van der Waals surface area contributed by atoms with E-state index < -0.39 is 0 Å². The van der Waals surface area contributed by atoms with Crippen molar-refractivity contribution in [3.8, 4) is 11.1 Å². The summed E-state index contributed by atoms with van der Waals surface area (Å²) >= 11 is 1.90. The van der Waals surface area contributed by atoms with Gasteiger partial charge in [-0.05, 0) is 76.7 Å². The van der Waals surface area contributed by atoms with Crippen LogP contribution in [0.5, 0.6) is 0 Å². The molecule has 1 heterocycles. The SMILES string of the molecule is C\C=C/C(c1cccc2c1sc1c(-c3cccc(N(c4ccccc4)c4cccc5ccccc45)c3)cccc12)=c1/cccc/c1=C/C. The van der Waals surface area contributed by atoms with E-state index in [0.717, 1.165) is 17.1 Å². The van der Waals surface area contributed by atoms with Crippen LogP contribution in [0.4, 0.5) is 17.1 Å². The van der Waals surface area contributed by atoms with Gasteiger partial charge < -0.3 is 4.90 Å². The molecule has 0 fully saturated rings. The van der Waals surface area contributed by atoms with Crippen LogP contribution >= 0.6 is 11.3 Å². The Kier molecular flexibility index (Phi) is 7.94. The Labute approximate surface area is 285 Å². The smallest absolute Gasteiger partial charge is 0.0540 e. The number of para-hydroxylation sites is 1. The number of fused-ring (bicyclic) bond motifs is 4. The molecule has 0 saturated carbocycles. The normalized spacial score (nSPS) is 12.8. The molecule has 0 bridgehead atoms. The fourth-order valence-corrected chi connectivity index (χ4v) is 8.33. The van der Waals surface area contributed by atoms with Gasteiger partial charge in [0.25, 0.3) is 0 Å². The van der Waals surface area contributed by atoms with E-state index in [2.05, 4.69) is 195 Å². The Morgan fingerprint density at radius 2 is 1.23 bits per heavy atom. The van der Waals surface area contributed by atoms with Crippen molar-refractivity contribution in [1.82, 2.24) is 0 Å². The quantitative estimate of drug-likeness (QED) is 0.176. The standard InChI is InChI=1S/C46H35NS/c1-3-16-40(37-24-10-8-17-32(37)4-2)41-27-15-29-43-42-28-14-26-39(45(42)48-46(41)43)34-20-12-23-36(31-34)47(35-21-6-5-7-22-35)44-30-13-19-33-18-9-11-25-38(33)44/h3-31H,1-2H3/b16-3-,32-4-,40-37+. The molecule has 0 N–H and O–H groups in total. The molecule has 0 atom stereocenters. The second kappa shape index (κ2) is 12.8. The number of allylic oxidation sites excluding steroid dienone is 2. The van der Waals surface area contributed by atoms with E-state index in [1.54, 1.807) is 0 Å². The summed E-state index contributed by atoms with van der Waals surface area (Å²) in [6.45, 7) is 4.22. The Hall–Kier alpha value is -5.70. The second-order valence-corrected chi connectivity index (χ2v) is 13.0. The first kappa shape index (κ1) is 29.7. The lowest BCUT2D eigenvalue weighted by atomic mass is 9.98. The number of hydrogen-bond acceptors (Lipinski definition) is 2. The zero-order chi connectivity index (χ0) is 32.5. The minimum absolute atomic E-state index is 1.13. The Balaban J connectivity index is 1.34. The van der Waals surface area contributed by atoms with Crippen molar-refractivity contribution in [2.24, 2.45) is 0 Å². The largest absolute Gasteiger partial charge is 0.310 e. The van der Waals surface area contributed by atoms with Crippen LogP contribution in [-0.2, 0) is 0 Å². The molecule has 230 valence electrons. The molecule has 0 aliphatic carbocycles. The number of anilines is 3. The van der Waals surface area contributed by atoms with Crippen LogP contribution in [0.25, 0.3) is 53.7 Å². The van der Waals surface area contributed by atoms with E-state index in [4.69, 9.17) is 0 Å². The summed E-state index contributed by atoms with van der Waals surface area (Å²) in [6.07, 6.45) is 6.61. The van der Waals surface area contributed by atoms with E-state index in [9.17, 15) is 0 Å². The predicted octanol–water partition coefficient (Wildman–Crippen LogP) is 11.9. The number of nitrogens with zero attached hydrogens (tertiary/aromatic N) is 1. The predicted molar refractivity (Wildman–Crippen MR) is 210 cm³/mol. The van der Waals surface area contributed by atoms with Gasteiger partial charge in [0.2, 0.25) is 0 Å². The number of hydrogen-bond donors (Lipinski definition) is 0. The first-order valence-corrected chi connectivity index (χ1v) is 17.3. The van der Waals surface area contributed by atoms with Gasteiger partial charge in [0.05, 0.1) is 5.69 Å². The monoisotopic (exact) mass is 633 g/mol. The van der Waals surface area contributed by atoms with Crippen molar-refractivity contribution in [1.29, 1.82) is 0 Å². The second-order valence-electron chi connectivity index (χ2n) is 12.0. The molecule has 1 aromatic heterocycles. The van der Waals surface area contributed by atoms with E-state index in [-0.39, 0.29) is 0 Å². The lowest BCUT2D eigenvalue weighted by molar-refractivity contribution is 1.30. The maximum Gasteiger partial charge on any atom is 0.0540 e. The van der Waals surface area contributed by atoms with Gasteiger partial charge in [-0.25, -0.2) is 0 Å². The number of thiophene rings is 1. The van der Waals surface area contributed by atoms with E-state index in [0.29, 0.717) is 0 Å². The topological polar surface area (TPSA) is 3.24 Å². The Bertz CT molecular complexity index is 2590. The van der Waals surface area contributed by atoms with Gasteiger partial charge in [-0.3, -0.25) is 0 Å². The molecule has 0 unspecified atom stereocenters. The highest BCUT2D eigenvalue weighted by Crippen LogP contribution is 2.44. The average molecular weight is 634 g/mol. The number of rotatable bonds is 6. The third-order valence-electron chi connectivity index (χ3n) is 9.15. The van der Waals surface area contributed by atoms with Gasteiger partial charge in [0.1, 0.15) is 0 Å². The summed E-state index contributed by atoms with van der Waals surface area (Å²) in [5.74, 6) is 0. The number of benzene rings is 7. The molecule has 0 radical (unpaired) electrons. The molecule has 8 rings (SSSR count). The minimum atomic E-state index is 1.13. The van der Waals surface area contributed by atoms with Crippen molar-refractivity contribution in [2.45, 2.75) is 13.8 Å². The van der Waals surface area contributed by atoms with Gasteiger partial charge in [-0.1, -0.05) is 146 Å². The van der Waals surface area contributed by atoms with E-state index in [1.807, 2.05) is 11.3 Å². The van der Waals surface area contributed by atoms with Gasteiger partial charge in [0.15, 0.2) is 0 Å². The third kappa shape index (κ3) is 5.21. The zero-order valence-corrected chi connectivity index (χ0v) is 27.9. The molecule has 1 nitrogen and oxygen atoms in total. The van der Waals surface area contributed by atoms with Gasteiger partial charge >= 0.3 is 0 Å². The van der Waals surface area contributed by atoms with Crippen LogP contribution in [0.15, 0.2) is 170 Å². The molecule has 2 heteroatoms. The lowest BCUT2D eigenvalue weighted by Crippen LogP contribution is -2.26. The summed E-state index contributed by atoms with van der Waals surface area (Å²) in [7, 11) is 0. The van der Waals surface area contributed by atoms with Crippen LogP contribution in [0, 0.1) is 0 Å². The molecular formula is C46H35NS. The van der Waals surface area contributed by atoms with E-state index in [1.165, 1.54) is 63.6 Å². The zero-order valence-electron chi connectivity index (χ0n) is 27.1. The van der Waals surface area contributed by atoms with Crippen molar-refractivity contribution in [2.75, 3.05) is 4.90 Å². The van der Waals surface area contributed by atoms with Crippen molar-refractivity contribution in [3.05, 3.63) is 186 Å². The molecule has 48 heavy (non-hydrogen) atoms. The highest BCUT2D eigenvalue weighted by Gasteiger charge is 2.18. The Morgan fingerprint density at radius 1 is 0.562 bits per heavy atom. The van der Waals surface area contributed by atoms with Crippen LogP contribution in [0.1, 0.15) is 19.4 Å². The first-order valence-electron chi connectivity index (χ1n) is 16.5. The van der Waals surface area contributed by atoms with Gasteiger partial charge in [0, 0.05) is 42.5 Å². The fourth-order valence-electron chi connectivity index (χ4n) is 6.97. The Morgan fingerprint density at radius 3 is 2.08 bits per heavy atom. The fraction of sp³-hybridized carbons (Fsp3) is 0.0435. The van der Waals surface area contributed by atoms with Crippen molar-refractivity contribution >= 4 is 71.0 Å². The highest BCUT2D eigenvalue weighted by atomic mass is 32.1. The van der Waals surface area contributed by atoms with Crippen LogP contribution < -0.4 is 15.3 Å². The molecule has 0 spiro atoms. The molecular weight excluding hydrogens is 599 g/mol. The summed E-state index contributed by atoms with van der Waals surface area (Å²) in [5.41, 5.74) is 8.40. The minimum Gasteiger partial charge on any atom is -0.310 e. The molecule has 0 amide bonds. The molecule has 0 aliphatic rings. The van der Waals surface area contributed by atoms with Crippen molar-refractivity contribution in [3.63, 3.8) is 0 Å². The van der Waals surface area contributed by atoms with Crippen LogP contribution in [0.2, 0.25) is 0 Å². The summed E-state index contributed by atoms with van der Waals surface area (Å²) in [4.78, 5) is 2.38. The molecule has 7 aromatic carbocycles. The van der Waals surface area contributed by atoms with Crippen LogP contribution in [-0.4, -0.2) is 0 Å². The van der Waals surface area contributed by atoms with Gasteiger partial charge in [-0.15, -0.1) is 11.3 Å². The summed E-state index contributed by atoms with van der Waals surface area (Å²) in [5, 5.41) is 7.55. The van der Waals surface area contributed by atoms with Crippen LogP contribution in [0.3, 0.4) is 0 Å². The third-order valence-corrected chi connectivity index (χ3v) is 10.4. The highest BCUT2D eigenvalue weighted by molar-refractivity contribution is 7.26. The van der Waals surface area contributed by atoms with Crippen molar-refractivity contribution < 1.29 is 0 Å². The summed E-state index contributed by atoms with van der Waals surface area (Å²) < 4.78 is 2.63. The van der Waals surface area contributed by atoms with E-state index >= 15 is 0 Å². The molecule has 8 aromatic rings. The first-order chi connectivity index (χ1) is 23.7. The maximum atomic E-state index is 2.38. The van der Waals surface area contributed by atoms with Gasteiger partial charge in [-0.2, -0.15) is 0 Å².